The van der Waals surface area contributed by atoms with E-state index >= 15 is 0 Å². The van der Waals surface area contributed by atoms with Crippen LogP contribution in [0.1, 0.15) is 23.4 Å². The summed E-state index contributed by atoms with van der Waals surface area (Å²) < 4.78 is 4.68. The summed E-state index contributed by atoms with van der Waals surface area (Å²) in [6.45, 7) is 6.29. The molecule has 0 aromatic carbocycles. The van der Waals surface area contributed by atoms with Gasteiger partial charge >= 0.3 is 17.9 Å². The highest BCUT2D eigenvalue weighted by Crippen LogP contribution is 2.05. The Morgan fingerprint density at radius 2 is 1.94 bits per heavy atom. The van der Waals surface area contributed by atoms with Crippen LogP contribution in [0, 0.1) is 6.92 Å². The van der Waals surface area contributed by atoms with Crippen LogP contribution in [0.4, 0.5) is 0 Å². The Labute approximate surface area is 90.8 Å². The number of nitrogens with zero attached hydrogens (tertiary/aromatic N) is 3. The molecule has 0 aliphatic rings. The van der Waals surface area contributed by atoms with Gasteiger partial charge in [0.25, 0.3) is 0 Å². The van der Waals surface area contributed by atoms with Gasteiger partial charge in [-0.05, 0) is 13.8 Å². The molecule has 0 bridgehead atoms. The molecule has 0 saturated heterocycles. The van der Waals surface area contributed by atoms with Crippen molar-refractivity contribution >= 4 is 11.9 Å². The predicted molar refractivity (Wildman–Crippen MR) is 52.0 cm³/mol. The Morgan fingerprint density at radius 1 is 1.31 bits per heavy atom. The monoisotopic (exact) mass is 223 g/mol. The predicted octanol–water partition coefficient (Wildman–Crippen LogP) is 0.360. The molecule has 7 nitrogen and oxygen atoms in total. The van der Waals surface area contributed by atoms with E-state index in [0.29, 0.717) is 0 Å². The summed E-state index contributed by atoms with van der Waals surface area (Å²) in [7, 11) is 0. The van der Waals surface area contributed by atoms with Crippen LogP contribution < -0.4 is 4.74 Å². The summed E-state index contributed by atoms with van der Waals surface area (Å²) in [6.07, 6.45) is 0. The second kappa shape index (κ2) is 4.47. The quantitative estimate of drug-likeness (QED) is 0.582. The minimum absolute atomic E-state index is 0.150. The zero-order valence-corrected chi connectivity index (χ0v) is 8.72. The second-order valence-corrected chi connectivity index (χ2v) is 2.96. The van der Waals surface area contributed by atoms with Crippen LogP contribution >= 0.6 is 0 Å². The third-order valence-corrected chi connectivity index (χ3v) is 1.45. The Hall–Kier alpha value is -2.31. The first-order valence-corrected chi connectivity index (χ1v) is 4.24. The summed E-state index contributed by atoms with van der Waals surface area (Å²) in [5.74, 6) is -2.37. The van der Waals surface area contributed by atoms with Crippen molar-refractivity contribution < 1.29 is 19.4 Å². The topological polar surface area (TPSA) is 102 Å². The van der Waals surface area contributed by atoms with Gasteiger partial charge in [-0.2, -0.15) is 9.97 Å². The lowest BCUT2D eigenvalue weighted by atomic mass is 10.4. The van der Waals surface area contributed by atoms with Gasteiger partial charge in [0, 0.05) is 5.57 Å². The van der Waals surface area contributed by atoms with Crippen LogP contribution in [0.5, 0.6) is 6.01 Å². The van der Waals surface area contributed by atoms with E-state index in [9.17, 15) is 9.59 Å². The van der Waals surface area contributed by atoms with Gasteiger partial charge in [-0.25, -0.2) is 14.6 Å². The number of carboxylic acids is 1. The molecule has 84 valence electrons. The molecule has 1 aromatic rings. The van der Waals surface area contributed by atoms with E-state index in [1.54, 1.807) is 0 Å². The zero-order valence-electron chi connectivity index (χ0n) is 8.72. The molecule has 1 aromatic heterocycles. The molecule has 0 aliphatic carbocycles. The van der Waals surface area contributed by atoms with Crippen LogP contribution in [0.15, 0.2) is 12.2 Å². The van der Waals surface area contributed by atoms with Gasteiger partial charge in [0.15, 0.2) is 0 Å². The molecule has 0 unspecified atom stereocenters. The van der Waals surface area contributed by atoms with E-state index in [1.165, 1.54) is 13.8 Å². The Kier molecular flexibility index (Phi) is 3.29. The number of aromatic carboxylic acids is 1. The summed E-state index contributed by atoms with van der Waals surface area (Å²) >= 11 is 0. The van der Waals surface area contributed by atoms with Gasteiger partial charge in [-0.1, -0.05) is 6.58 Å². The lowest BCUT2D eigenvalue weighted by Gasteiger charge is -2.02. The summed E-state index contributed by atoms with van der Waals surface area (Å²) in [5, 5.41) is 8.67. The Balaban J connectivity index is 3.01. The number of aryl methyl sites for hydroxylation is 1. The Morgan fingerprint density at radius 3 is 2.44 bits per heavy atom. The molecule has 0 amide bonds. The summed E-state index contributed by atoms with van der Waals surface area (Å²) in [5.41, 5.74) is 0.162. The maximum Gasteiger partial charge on any atom is 0.374 e. The van der Waals surface area contributed by atoms with Gasteiger partial charge in [-0.3, -0.25) is 0 Å². The van der Waals surface area contributed by atoms with Gasteiger partial charge in [-0.15, -0.1) is 0 Å². The van der Waals surface area contributed by atoms with Crippen LogP contribution in [0.25, 0.3) is 0 Å². The van der Waals surface area contributed by atoms with Gasteiger partial charge < -0.3 is 9.84 Å². The number of hydrogen-bond donors (Lipinski definition) is 1. The molecule has 1 N–H and O–H groups in total. The highest BCUT2D eigenvalue weighted by molar-refractivity contribution is 5.88. The fraction of sp³-hybridized carbons (Fsp3) is 0.222. The summed E-state index contributed by atoms with van der Waals surface area (Å²) in [4.78, 5) is 32.4. The largest absolute Gasteiger partial charge is 0.475 e. The molecule has 0 atom stereocenters. The zero-order chi connectivity index (χ0) is 12.3. The molecular formula is C9H9N3O4. The highest BCUT2D eigenvalue weighted by Gasteiger charge is 2.14. The van der Waals surface area contributed by atoms with Crippen molar-refractivity contribution in [3.05, 3.63) is 23.8 Å². The third kappa shape index (κ3) is 2.84. The lowest BCUT2D eigenvalue weighted by Crippen LogP contribution is -2.14. The van der Waals surface area contributed by atoms with E-state index in [4.69, 9.17) is 5.11 Å². The minimum Gasteiger partial charge on any atom is -0.475 e. The van der Waals surface area contributed by atoms with E-state index < -0.39 is 17.8 Å². The maximum atomic E-state index is 11.1. The highest BCUT2D eigenvalue weighted by atomic mass is 16.5. The SMILES string of the molecule is C=C(C)C(=O)Oc1nc(C)nc(C(=O)O)n1. The minimum atomic E-state index is -1.32. The normalized spacial score (nSPS) is 9.62. The lowest BCUT2D eigenvalue weighted by molar-refractivity contribution is -0.130. The molecular weight excluding hydrogens is 214 g/mol. The van der Waals surface area contributed by atoms with Crippen molar-refractivity contribution in [2.75, 3.05) is 0 Å². The number of carboxylic acid groups (broad SMARTS) is 1. The molecule has 7 heteroatoms. The number of carbonyl (C=O) groups excluding carboxylic acids is 1. The van der Waals surface area contributed by atoms with Crippen molar-refractivity contribution in [3.8, 4) is 6.01 Å². The second-order valence-electron chi connectivity index (χ2n) is 2.96. The van der Waals surface area contributed by atoms with E-state index in [1.807, 2.05) is 0 Å². The average Bonchev–Trinajstić information content (AvgIpc) is 2.16. The number of esters is 1. The number of aromatic nitrogens is 3. The number of carbonyl (C=O) groups is 2. The number of hydrogen-bond acceptors (Lipinski definition) is 6. The molecule has 0 spiro atoms. The van der Waals surface area contributed by atoms with Crippen molar-refractivity contribution in [2.24, 2.45) is 0 Å². The van der Waals surface area contributed by atoms with E-state index in [2.05, 4.69) is 26.3 Å². The van der Waals surface area contributed by atoms with Crippen LogP contribution in [0.2, 0.25) is 0 Å². The summed E-state index contributed by atoms with van der Waals surface area (Å²) in [6, 6.07) is -0.349. The molecule has 0 saturated carbocycles. The molecule has 1 rings (SSSR count). The maximum absolute atomic E-state index is 11.1. The molecule has 0 fully saturated rings. The molecule has 0 radical (unpaired) electrons. The Bertz CT molecular complexity index is 470. The smallest absolute Gasteiger partial charge is 0.374 e. The molecule has 16 heavy (non-hydrogen) atoms. The van der Waals surface area contributed by atoms with E-state index in [0.717, 1.165) is 0 Å². The van der Waals surface area contributed by atoms with Crippen LogP contribution in [-0.4, -0.2) is 32.0 Å². The first kappa shape index (κ1) is 11.8. The molecule has 1 heterocycles. The van der Waals surface area contributed by atoms with Crippen molar-refractivity contribution in [1.82, 2.24) is 15.0 Å². The van der Waals surface area contributed by atoms with Crippen molar-refractivity contribution in [2.45, 2.75) is 13.8 Å². The van der Waals surface area contributed by atoms with Crippen LogP contribution in [0.3, 0.4) is 0 Å². The fourth-order valence-corrected chi connectivity index (χ4v) is 0.769. The third-order valence-electron chi connectivity index (χ3n) is 1.45. The van der Waals surface area contributed by atoms with Crippen LogP contribution in [-0.2, 0) is 4.79 Å². The van der Waals surface area contributed by atoms with Crippen molar-refractivity contribution in [1.29, 1.82) is 0 Å². The van der Waals surface area contributed by atoms with Crippen molar-refractivity contribution in [3.63, 3.8) is 0 Å². The standard InChI is InChI=1S/C9H9N3O4/c1-4(2)8(15)16-9-11-5(3)10-6(12-9)7(13)14/h1H2,2-3H3,(H,13,14). The van der Waals surface area contributed by atoms with Gasteiger partial charge in [0.1, 0.15) is 5.82 Å². The first-order valence-electron chi connectivity index (χ1n) is 4.24. The average molecular weight is 223 g/mol. The first-order chi connectivity index (χ1) is 7.40. The molecule has 0 aliphatic heterocycles. The van der Waals surface area contributed by atoms with Gasteiger partial charge in [0.2, 0.25) is 5.82 Å². The van der Waals surface area contributed by atoms with E-state index in [-0.39, 0.29) is 17.4 Å². The number of ether oxygens (including phenoxy) is 1. The fourth-order valence-electron chi connectivity index (χ4n) is 0.769. The number of rotatable bonds is 3. The van der Waals surface area contributed by atoms with Gasteiger partial charge in [0.05, 0.1) is 0 Å².